The van der Waals surface area contributed by atoms with Crippen molar-refractivity contribution >= 4 is 5.91 Å². The summed E-state index contributed by atoms with van der Waals surface area (Å²) in [5.41, 5.74) is 0.760. The molecule has 1 amide bonds. The zero-order valence-corrected chi connectivity index (χ0v) is 13.3. The van der Waals surface area contributed by atoms with Crippen LogP contribution in [0.1, 0.15) is 23.7 Å². The normalized spacial score (nSPS) is 20.3. The molecule has 0 aliphatic carbocycles. The Morgan fingerprint density at radius 1 is 1.42 bits per heavy atom. The minimum Gasteiger partial charge on any atom is -0.373 e. The first-order chi connectivity index (χ1) is 11.5. The van der Waals surface area contributed by atoms with Crippen molar-refractivity contribution < 1.29 is 18.3 Å². The molecule has 2 heterocycles. The maximum Gasteiger partial charge on any atom is 0.224 e. The average Bonchev–Trinajstić information content (AvgIpc) is 3.17. The van der Waals surface area contributed by atoms with Crippen LogP contribution in [0.15, 0.2) is 30.6 Å². The fraction of sp³-hybridized carbons (Fsp3) is 0.412. The summed E-state index contributed by atoms with van der Waals surface area (Å²) >= 11 is 0. The first-order valence-corrected chi connectivity index (χ1v) is 7.84. The van der Waals surface area contributed by atoms with Crippen molar-refractivity contribution in [3.05, 3.63) is 53.4 Å². The quantitative estimate of drug-likeness (QED) is 0.911. The Morgan fingerprint density at radius 2 is 2.17 bits per heavy atom. The van der Waals surface area contributed by atoms with Crippen LogP contribution in [0, 0.1) is 17.6 Å². The van der Waals surface area contributed by atoms with E-state index >= 15 is 0 Å². The molecule has 1 saturated heterocycles. The third-order valence-corrected chi connectivity index (χ3v) is 4.23. The van der Waals surface area contributed by atoms with E-state index in [2.05, 4.69) is 10.4 Å². The molecule has 24 heavy (non-hydrogen) atoms. The predicted molar refractivity (Wildman–Crippen MR) is 83.1 cm³/mol. The molecular weight excluding hydrogens is 316 g/mol. The summed E-state index contributed by atoms with van der Waals surface area (Å²) < 4.78 is 34.6. The number of halogens is 2. The van der Waals surface area contributed by atoms with Crippen molar-refractivity contribution in [3.8, 4) is 0 Å². The van der Waals surface area contributed by atoms with Gasteiger partial charge in [-0.3, -0.25) is 9.48 Å². The van der Waals surface area contributed by atoms with Gasteiger partial charge < -0.3 is 10.1 Å². The Bertz CT molecular complexity index is 712. The van der Waals surface area contributed by atoms with Gasteiger partial charge in [0.1, 0.15) is 11.6 Å². The lowest BCUT2D eigenvalue weighted by atomic mass is 9.97. The molecule has 0 saturated carbocycles. The molecule has 1 fully saturated rings. The van der Waals surface area contributed by atoms with Crippen LogP contribution in [0.4, 0.5) is 8.78 Å². The molecule has 2 atom stereocenters. The van der Waals surface area contributed by atoms with Gasteiger partial charge in [0, 0.05) is 43.4 Å². The van der Waals surface area contributed by atoms with E-state index in [1.54, 1.807) is 10.9 Å². The number of hydrogen-bond acceptors (Lipinski definition) is 3. The van der Waals surface area contributed by atoms with Gasteiger partial charge in [-0.15, -0.1) is 0 Å². The number of carbonyl (C=O) groups is 1. The fourth-order valence-corrected chi connectivity index (χ4v) is 2.97. The number of rotatable bonds is 5. The van der Waals surface area contributed by atoms with Gasteiger partial charge in [-0.05, 0) is 18.6 Å². The number of nitrogens with one attached hydrogen (secondary N) is 1. The molecule has 0 radical (unpaired) electrons. The lowest BCUT2D eigenvalue weighted by molar-refractivity contribution is -0.120. The third-order valence-electron chi connectivity index (χ3n) is 4.23. The summed E-state index contributed by atoms with van der Waals surface area (Å²) in [6.07, 6.45) is 4.01. The lowest BCUT2D eigenvalue weighted by Gasteiger charge is -2.18. The highest BCUT2D eigenvalue weighted by Gasteiger charge is 2.30. The van der Waals surface area contributed by atoms with Gasteiger partial charge in [0.15, 0.2) is 0 Å². The minimum absolute atomic E-state index is 0.114. The van der Waals surface area contributed by atoms with Gasteiger partial charge >= 0.3 is 0 Å². The Hall–Kier alpha value is -2.28. The highest BCUT2D eigenvalue weighted by molar-refractivity contribution is 5.78. The van der Waals surface area contributed by atoms with Crippen molar-refractivity contribution in [2.75, 3.05) is 13.2 Å². The van der Waals surface area contributed by atoms with E-state index in [0.717, 1.165) is 24.1 Å². The monoisotopic (exact) mass is 335 g/mol. The van der Waals surface area contributed by atoms with Crippen LogP contribution >= 0.6 is 0 Å². The Labute approximate surface area is 138 Å². The van der Waals surface area contributed by atoms with E-state index in [1.165, 1.54) is 6.07 Å². The summed E-state index contributed by atoms with van der Waals surface area (Å²) in [6, 6.07) is 3.57. The number of ether oxygens (including phenoxy) is 1. The van der Waals surface area contributed by atoms with Gasteiger partial charge in [0.25, 0.3) is 0 Å². The third kappa shape index (κ3) is 3.62. The van der Waals surface area contributed by atoms with E-state index < -0.39 is 17.5 Å². The minimum atomic E-state index is -0.706. The van der Waals surface area contributed by atoms with Crippen molar-refractivity contribution in [1.82, 2.24) is 15.1 Å². The number of carbonyl (C=O) groups excluding carboxylic acids is 1. The van der Waals surface area contributed by atoms with E-state index in [0.29, 0.717) is 13.2 Å². The number of aryl methyl sites for hydroxylation is 1. The summed E-state index contributed by atoms with van der Waals surface area (Å²) in [5.74, 6) is -1.70. The van der Waals surface area contributed by atoms with Crippen molar-refractivity contribution in [1.29, 1.82) is 0 Å². The maximum atomic E-state index is 13.6. The zero-order chi connectivity index (χ0) is 17.1. The van der Waals surface area contributed by atoms with Crippen LogP contribution in [0.5, 0.6) is 0 Å². The zero-order valence-electron chi connectivity index (χ0n) is 13.3. The Kier molecular flexibility index (Phi) is 4.89. The van der Waals surface area contributed by atoms with Gasteiger partial charge in [0.05, 0.1) is 18.7 Å². The highest BCUT2D eigenvalue weighted by Crippen LogP contribution is 2.33. The standard InChI is InChI=1S/C17H19F2N3O2/c1-22-10-12(9-21-22)17-11(5-6-24-17)8-20-16(23)7-13-14(18)3-2-4-15(13)19/h2-4,9-11,17H,5-8H2,1H3,(H,20,23)/t11-,17+/m0/s1. The molecule has 0 bridgehead atoms. The number of hydrogen-bond donors (Lipinski definition) is 1. The topological polar surface area (TPSA) is 56.1 Å². The second-order valence-corrected chi connectivity index (χ2v) is 5.97. The second kappa shape index (κ2) is 7.09. The summed E-state index contributed by atoms with van der Waals surface area (Å²) in [4.78, 5) is 12.0. The van der Waals surface area contributed by atoms with Crippen molar-refractivity contribution in [2.24, 2.45) is 13.0 Å². The number of nitrogens with zero attached hydrogens (tertiary/aromatic N) is 2. The maximum absolute atomic E-state index is 13.6. The molecule has 1 aromatic carbocycles. The SMILES string of the molecule is Cn1cc([C@@H]2OCC[C@H]2CNC(=O)Cc2c(F)cccc2F)cn1. The first-order valence-electron chi connectivity index (χ1n) is 7.84. The smallest absolute Gasteiger partial charge is 0.224 e. The van der Waals surface area contributed by atoms with Gasteiger partial charge in [-0.25, -0.2) is 8.78 Å². The summed E-state index contributed by atoms with van der Waals surface area (Å²) in [7, 11) is 1.83. The lowest BCUT2D eigenvalue weighted by Crippen LogP contribution is -2.32. The van der Waals surface area contributed by atoms with E-state index in [4.69, 9.17) is 4.74 Å². The molecule has 1 aromatic heterocycles. The van der Waals surface area contributed by atoms with Crippen LogP contribution < -0.4 is 5.32 Å². The molecule has 2 aromatic rings. The molecule has 1 aliphatic heterocycles. The summed E-state index contributed by atoms with van der Waals surface area (Å²) in [6.45, 7) is 1.01. The number of benzene rings is 1. The molecule has 3 rings (SSSR count). The van der Waals surface area contributed by atoms with Gasteiger partial charge in [-0.1, -0.05) is 6.07 Å². The molecule has 1 aliphatic rings. The fourth-order valence-electron chi connectivity index (χ4n) is 2.97. The van der Waals surface area contributed by atoms with Crippen molar-refractivity contribution in [3.63, 3.8) is 0 Å². The van der Waals surface area contributed by atoms with Crippen LogP contribution in [0.2, 0.25) is 0 Å². The Balaban J connectivity index is 1.58. The number of aromatic nitrogens is 2. The van der Waals surface area contributed by atoms with Crippen LogP contribution in [0.25, 0.3) is 0 Å². The molecule has 7 heteroatoms. The largest absolute Gasteiger partial charge is 0.373 e. The molecule has 128 valence electrons. The van der Waals surface area contributed by atoms with Gasteiger partial charge in [-0.2, -0.15) is 5.10 Å². The molecule has 1 N–H and O–H groups in total. The van der Waals surface area contributed by atoms with E-state index in [9.17, 15) is 13.6 Å². The number of amides is 1. The Morgan fingerprint density at radius 3 is 2.83 bits per heavy atom. The van der Waals surface area contributed by atoms with E-state index in [1.807, 2.05) is 13.2 Å². The van der Waals surface area contributed by atoms with E-state index in [-0.39, 0.29) is 24.0 Å². The first kappa shape index (κ1) is 16.6. The molecular formula is C17H19F2N3O2. The predicted octanol–water partition coefficient (Wildman–Crippen LogP) is 2.13. The van der Waals surface area contributed by atoms with Crippen molar-refractivity contribution in [2.45, 2.75) is 18.9 Å². The summed E-state index contributed by atoms with van der Waals surface area (Å²) in [5, 5.41) is 6.89. The average molecular weight is 335 g/mol. The van der Waals surface area contributed by atoms with Crippen LogP contribution in [-0.2, 0) is 23.0 Å². The van der Waals surface area contributed by atoms with Gasteiger partial charge in [0.2, 0.25) is 5.91 Å². The molecule has 0 unspecified atom stereocenters. The second-order valence-electron chi connectivity index (χ2n) is 5.97. The highest BCUT2D eigenvalue weighted by atomic mass is 19.1. The van der Waals surface area contributed by atoms with Crippen LogP contribution in [-0.4, -0.2) is 28.8 Å². The molecule has 0 spiro atoms. The molecule has 5 nitrogen and oxygen atoms in total. The van der Waals surface area contributed by atoms with Crippen LogP contribution in [0.3, 0.4) is 0 Å².